The standard InChI is InChI=1S/C16H24BrNO/c1-19-16-10-6-5-7-14(16)13-18(12-11-17)15-8-3-2-4-9-15/h5-7,10,15H,2-4,8-9,11-13H2,1H3. The number of methoxy groups -OCH3 is 1. The molecular weight excluding hydrogens is 302 g/mol. The Labute approximate surface area is 125 Å². The average molecular weight is 326 g/mol. The first-order chi connectivity index (χ1) is 9.35. The topological polar surface area (TPSA) is 12.5 Å². The Morgan fingerprint density at radius 1 is 1.21 bits per heavy atom. The second kappa shape index (κ2) is 7.91. The van der Waals surface area contributed by atoms with Crippen LogP contribution in [0.1, 0.15) is 37.7 Å². The molecule has 106 valence electrons. The van der Waals surface area contributed by atoms with Crippen molar-refractivity contribution in [1.29, 1.82) is 0 Å². The van der Waals surface area contributed by atoms with Gasteiger partial charge in [-0.3, -0.25) is 4.90 Å². The van der Waals surface area contributed by atoms with Gasteiger partial charge >= 0.3 is 0 Å². The summed E-state index contributed by atoms with van der Waals surface area (Å²) in [6, 6.07) is 9.13. The fourth-order valence-corrected chi connectivity index (χ4v) is 3.45. The lowest BCUT2D eigenvalue weighted by Gasteiger charge is -2.34. The number of rotatable bonds is 6. The molecule has 0 aromatic heterocycles. The van der Waals surface area contributed by atoms with Crippen LogP contribution in [0.2, 0.25) is 0 Å². The van der Waals surface area contributed by atoms with Gasteiger partial charge in [0.2, 0.25) is 0 Å². The molecule has 1 aromatic rings. The first-order valence-electron chi connectivity index (χ1n) is 7.27. The number of para-hydroxylation sites is 1. The molecule has 1 saturated carbocycles. The van der Waals surface area contributed by atoms with Crippen molar-refractivity contribution in [2.75, 3.05) is 19.0 Å². The smallest absolute Gasteiger partial charge is 0.123 e. The molecule has 0 aliphatic heterocycles. The fourth-order valence-electron chi connectivity index (χ4n) is 3.00. The number of ether oxygens (including phenoxy) is 1. The molecule has 0 N–H and O–H groups in total. The molecule has 0 radical (unpaired) electrons. The van der Waals surface area contributed by atoms with Crippen LogP contribution in [0.5, 0.6) is 5.75 Å². The van der Waals surface area contributed by atoms with E-state index in [1.807, 2.05) is 6.07 Å². The summed E-state index contributed by atoms with van der Waals surface area (Å²) in [6.07, 6.45) is 6.88. The molecule has 2 rings (SSSR count). The highest BCUT2D eigenvalue weighted by Crippen LogP contribution is 2.26. The van der Waals surface area contributed by atoms with E-state index in [1.165, 1.54) is 37.7 Å². The Morgan fingerprint density at radius 3 is 2.63 bits per heavy atom. The van der Waals surface area contributed by atoms with Crippen molar-refractivity contribution in [3.8, 4) is 5.75 Å². The number of benzene rings is 1. The number of halogens is 1. The molecule has 1 fully saturated rings. The molecule has 3 heteroatoms. The molecule has 19 heavy (non-hydrogen) atoms. The summed E-state index contributed by atoms with van der Waals surface area (Å²) in [5.74, 6) is 1.01. The minimum Gasteiger partial charge on any atom is -0.496 e. The van der Waals surface area contributed by atoms with E-state index in [2.05, 4.69) is 39.0 Å². The van der Waals surface area contributed by atoms with Crippen molar-refractivity contribution in [2.24, 2.45) is 0 Å². The summed E-state index contributed by atoms with van der Waals surface area (Å²) < 4.78 is 5.47. The van der Waals surface area contributed by atoms with Crippen molar-refractivity contribution in [1.82, 2.24) is 4.90 Å². The maximum absolute atomic E-state index is 5.47. The molecule has 0 heterocycles. The van der Waals surface area contributed by atoms with Crippen molar-refractivity contribution < 1.29 is 4.74 Å². The fraction of sp³-hybridized carbons (Fsp3) is 0.625. The lowest BCUT2D eigenvalue weighted by molar-refractivity contribution is 0.156. The maximum atomic E-state index is 5.47. The molecule has 1 aliphatic rings. The van der Waals surface area contributed by atoms with Gasteiger partial charge in [-0.25, -0.2) is 0 Å². The minimum atomic E-state index is 0.746. The van der Waals surface area contributed by atoms with Gasteiger partial charge in [-0.2, -0.15) is 0 Å². The molecule has 0 atom stereocenters. The van der Waals surface area contributed by atoms with Gasteiger partial charge in [0.05, 0.1) is 7.11 Å². The summed E-state index contributed by atoms with van der Waals surface area (Å²) in [5.41, 5.74) is 1.30. The van der Waals surface area contributed by atoms with E-state index in [9.17, 15) is 0 Å². The molecule has 2 nitrogen and oxygen atoms in total. The molecule has 0 unspecified atom stereocenters. The van der Waals surface area contributed by atoms with Crippen molar-refractivity contribution in [3.05, 3.63) is 29.8 Å². The zero-order valence-corrected chi connectivity index (χ0v) is 13.4. The van der Waals surface area contributed by atoms with Crippen LogP contribution < -0.4 is 4.74 Å². The zero-order valence-electron chi connectivity index (χ0n) is 11.8. The third-order valence-electron chi connectivity index (χ3n) is 4.03. The lowest BCUT2D eigenvalue weighted by atomic mass is 9.94. The normalized spacial score (nSPS) is 16.8. The van der Waals surface area contributed by atoms with Crippen LogP contribution in [0.25, 0.3) is 0 Å². The highest BCUT2D eigenvalue weighted by Gasteiger charge is 2.21. The summed E-state index contributed by atoms with van der Waals surface area (Å²) in [6.45, 7) is 2.11. The van der Waals surface area contributed by atoms with Gasteiger partial charge in [-0.15, -0.1) is 0 Å². The summed E-state index contributed by atoms with van der Waals surface area (Å²) >= 11 is 3.59. The highest BCUT2D eigenvalue weighted by molar-refractivity contribution is 9.09. The van der Waals surface area contributed by atoms with Crippen LogP contribution in [0.4, 0.5) is 0 Å². The summed E-state index contributed by atoms with van der Waals surface area (Å²) in [7, 11) is 1.76. The van der Waals surface area contributed by atoms with Crippen LogP contribution in [0, 0.1) is 0 Å². The Balaban J connectivity index is 2.06. The third kappa shape index (κ3) is 4.22. The number of hydrogen-bond donors (Lipinski definition) is 0. The minimum absolute atomic E-state index is 0.746. The van der Waals surface area contributed by atoms with E-state index >= 15 is 0 Å². The van der Waals surface area contributed by atoms with Gasteiger partial charge in [0, 0.05) is 30.0 Å². The van der Waals surface area contributed by atoms with Crippen molar-refractivity contribution in [2.45, 2.75) is 44.7 Å². The number of alkyl halides is 1. The first kappa shape index (κ1) is 14.9. The van der Waals surface area contributed by atoms with Gasteiger partial charge in [0.25, 0.3) is 0 Å². The second-order valence-electron chi connectivity index (χ2n) is 5.26. The van der Waals surface area contributed by atoms with Crippen molar-refractivity contribution >= 4 is 15.9 Å². The summed E-state index contributed by atoms with van der Waals surface area (Å²) in [5, 5.41) is 1.04. The van der Waals surface area contributed by atoms with E-state index in [0.717, 1.165) is 30.2 Å². The van der Waals surface area contributed by atoms with E-state index in [-0.39, 0.29) is 0 Å². The Kier molecular flexibility index (Phi) is 6.18. The van der Waals surface area contributed by atoms with E-state index < -0.39 is 0 Å². The third-order valence-corrected chi connectivity index (χ3v) is 4.38. The van der Waals surface area contributed by atoms with Crippen LogP contribution in [-0.4, -0.2) is 29.9 Å². The van der Waals surface area contributed by atoms with E-state index in [0.29, 0.717) is 0 Å². The predicted octanol–water partition coefficient (Wildman–Crippen LogP) is 4.22. The number of nitrogens with zero attached hydrogens (tertiary/aromatic N) is 1. The predicted molar refractivity (Wildman–Crippen MR) is 84.1 cm³/mol. The van der Waals surface area contributed by atoms with Gasteiger partial charge in [-0.1, -0.05) is 53.4 Å². The van der Waals surface area contributed by atoms with Crippen LogP contribution in [0.15, 0.2) is 24.3 Å². The van der Waals surface area contributed by atoms with Gasteiger partial charge < -0.3 is 4.74 Å². The quantitative estimate of drug-likeness (QED) is 0.726. The van der Waals surface area contributed by atoms with Gasteiger partial charge in [0.15, 0.2) is 0 Å². The average Bonchev–Trinajstić information content (AvgIpc) is 2.48. The second-order valence-corrected chi connectivity index (χ2v) is 6.06. The first-order valence-corrected chi connectivity index (χ1v) is 8.39. The number of hydrogen-bond acceptors (Lipinski definition) is 2. The van der Waals surface area contributed by atoms with Crippen LogP contribution in [0.3, 0.4) is 0 Å². The molecule has 0 bridgehead atoms. The van der Waals surface area contributed by atoms with Crippen molar-refractivity contribution in [3.63, 3.8) is 0 Å². The van der Waals surface area contributed by atoms with E-state index in [1.54, 1.807) is 7.11 Å². The monoisotopic (exact) mass is 325 g/mol. The molecule has 0 saturated heterocycles. The SMILES string of the molecule is COc1ccccc1CN(CCBr)C1CCCCC1. The molecule has 1 aliphatic carbocycles. The Hall–Kier alpha value is -0.540. The molecule has 1 aromatic carbocycles. The van der Waals surface area contributed by atoms with Gasteiger partial charge in [0.1, 0.15) is 5.75 Å². The van der Waals surface area contributed by atoms with E-state index in [4.69, 9.17) is 4.74 Å². The zero-order chi connectivity index (χ0) is 13.5. The molecule has 0 spiro atoms. The van der Waals surface area contributed by atoms with Crippen LogP contribution in [-0.2, 0) is 6.54 Å². The largest absolute Gasteiger partial charge is 0.496 e. The summed E-state index contributed by atoms with van der Waals surface area (Å²) in [4.78, 5) is 2.62. The molecule has 0 amide bonds. The van der Waals surface area contributed by atoms with Crippen LogP contribution >= 0.6 is 15.9 Å². The highest BCUT2D eigenvalue weighted by atomic mass is 79.9. The maximum Gasteiger partial charge on any atom is 0.123 e. The van der Waals surface area contributed by atoms with Gasteiger partial charge in [-0.05, 0) is 18.9 Å². The Morgan fingerprint density at radius 2 is 1.95 bits per heavy atom. The Bertz CT molecular complexity index is 377. The lowest BCUT2D eigenvalue weighted by Crippen LogP contribution is -2.37. The molecular formula is C16H24BrNO.